The summed E-state index contributed by atoms with van der Waals surface area (Å²) in [4.78, 5) is 16.3. The highest BCUT2D eigenvalue weighted by molar-refractivity contribution is 7.92. The van der Waals surface area contributed by atoms with Gasteiger partial charge in [-0.2, -0.15) is 0 Å². The predicted octanol–water partition coefficient (Wildman–Crippen LogP) is 3.31. The molecule has 1 aliphatic rings. The highest BCUT2D eigenvalue weighted by Gasteiger charge is 2.31. The van der Waals surface area contributed by atoms with Crippen molar-refractivity contribution >= 4 is 38.1 Å². The molecule has 29 heavy (non-hydrogen) atoms. The summed E-state index contributed by atoms with van der Waals surface area (Å²) in [6.45, 7) is 2.33. The molecule has 0 N–H and O–H groups in total. The lowest BCUT2D eigenvalue weighted by molar-refractivity contribution is 0.527. The first-order valence-electron chi connectivity index (χ1n) is 9.02. The van der Waals surface area contributed by atoms with Gasteiger partial charge in [-0.05, 0) is 43.2 Å². The van der Waals surface area contributed by atoms with Gasteiger partial charge >= 0.3 is 5.76 Å². The number of oxazole rings is 1. The summed E-state index contributed by atoms with van der Waals surface area (Å²) in [6, 6.07) is 10.3. The number of hydrogen-bond donors (Lipinski definition) is 0. The van der Waals surface area contributed by atoms with Gasteiger partial charge in [-0.25, -0.2) is 18.2 Å². The fraction of sp³-hybridized carbons (Fsp3) is 0.200. The van der Waals surface area contributed by atoms with Crippen molar-refractivity contribution in [2.24, 2.45) is 7.05 Å². The van der Waals surface area contributed by atoms with E-state index in [4.69, 9.17) is 4.42 Å². The highest BCUT2D eigenvalue weighted by atomic mass is 32.2. The molecule has 0 bridgehead atoms. The van der Waals surface area contributed by atoms with Crippen LogP contribution in [0.4, 0.5) is 5.69 Å². The van der Waals surface area contributed by atoms with E-state index in [0.29, 0.717) is 24.2 Å². The van der Waals surface area contributed by atoms with Crippen molar-refractivity contribution in [3.63, 3.8) is 0 Å². The summed E-state index contributed by atoms with van der Waals surface area (Å²) in [5, 5.41) is 3.00. The van der Waals surface area contributed by atoms with Gasteiger partial charge in [-0.15, -0.1) is 11.3 Å². The molecule has 9 heteroatoms. The summed E-state index contributed by atoms with van der Waals surface area (Å²) in [6.07, 6.45) is 0.633. The number of sulfonamides is 1. The topological polar surface area (TPSA) is 85.4 Å². The molecule has 0 unspecified atom stereocenters. The molecule has 2 aromatic heterocycles. The number of rotatable bonds is 3. The van der Waals surface area contributed by atoms with Crippen LogP contribution in [0.3, 0.4) is 0 Å². The Bertz CT molecular complexity index is 1430. The molecule has 3 heterocycles. The summed E-state index contributed by atoms with van der Waals surface area (Å²) in [7, 11) is -2.19. The van der Waals surface area contributed by atoms with E-state index >= 15 is 0 Å². The molecular weight excluding hydrogens is 410 g/mol. The van der Waals surface area contributed by atoms with Gasteiger partial charge in [0.15, 0.2) is 5.58 Å². The monoisotopic (exact) mass is 427 g/mol. The molecule has 5 rings (SSSR count). The van der Waals surface area contributed by atoms with Crippen molar-refractivity contribution in [2.45, 2.75) is 18.2 Å². The number of anilines is 1. The summed E-state index contributed by atoms with van der Waals surface area (Å²) >= 11 is 1.59. The molecule has 0 fully saturated rings. The second-order valence-corrected chi connectivity index (χ2v) is 9.90. The maximum atomic E-state index is 13.3. The largest absolute Gasteiger partial charge is 0.419 e. The maximum absolute atomic E-state index is 13.3. The minimum Gasteiger partial charge on any atom is -0.408 e. The van der Waals surface area contributed by atoms with Gasteiger partial charge in [0.1, 0.15) is 0 Å². The third-order valence-corrected chi connectivity index (χ3v) is 7.78. The van der Waals surface area contributed by atoms with Gasteiger partial charge in [0.2, 0.25) is 0 Å². The fourth-order valence-corrected chi connectivity index (χ4v) is 5.82. The highest BCUT2D eigenvalue weighted by Crippen LogP contribution is 2.36. The van der Waals surface area contributed by atoms with Crippen LogP contribution in [0, 0.1) is 6.92 Å². The van der Waals surface area contributed by atoms with Crippen LogP contribution < -0.4 is 10.1 Å². The van der Waals surface area contributed by atoms with Crippen LogP contribution in [0.2, 0.25) is 0 Å². The van der Waals surface area contributed by atoms with Crippen LogP contribution >= 0.6 is 11.3 Å². The summed E-state index contributed by atoms with van der Waals surface area (Å²) in [5.41, 5.74) is 4.35. The van der Waals surface area contributed by atoms with Crippen LogP contribution in [0.15, 0.2) is 55.9 Å². The first-order chi connectivity index (χ1) is 13.8. The van der Waals surface area contributed by atoms with E-state index < -0.39 is 15.8 Å². The lowest BCUT2D eigenvalue weighted by Gasteiger charge is -2.19. The van der Waals surface area contributed by atoms with Crippen molar-refractivity contribution < 1.29 is 12.8 Å². The molecule has 4 aromatic rings. The Morgan fingerprint density at radius 3 is 2.76 bits per heavy atom. The van der Waals surface area contributed by atoms with Crippen molar-refractivity contribution in [1.29, 1.82) is 0 Å². The first-order valence-corrected chi connectivity index (χ1v) is 11.3. The van der Waals surface area contributed by atoms with E-state index in [1.807, 2.05) is 30.5 Å². The Morgan fingerprint density at radius 2 is 2.00 bits per heavy atom. The third-order valence-electron chi connectivity index (χ3n) is 5.20. The van der Waals surface area contributed by atoms with Crippen molar-refractivity contribution in [1.82, 2.24) is 9.55 Å². The average molecular weight is 428 g/mol. The molecule has 0 saturated heterocycles. The minimum absolute atomic E-state index is 0.103. The third kappa shape index (κ3) is 2.80. The summed E-state index contributed by atoms with van der Waals surface area (Å²) in [5.74, 6) is -0.522. The molecular formula is C20H17N3O4S2. The molecule has 0 atom stereocenters. The van der Waals surface area contributed by atoms with Crippen molar-refractivity contribution in [3.05, 3.63) is 62.9 Å². The van der Waals surface area contributed by atoms with E-state index in [-0.39, 0.29) is 10.5 Å². The Kier molecular flexibility index (Phi) is 3.94. The van der Waals surface area contributed by atoms with Gasteiger partial charge in [0, 0.05) is 30.6 Å². The van der Waals surface area contributed by atoms with E-state index in [1.165, 1.54) is 21.0 Å². The SMILES string of the molecule is Cc1nc(-c2ccc3c(c2)CCN3S(=O)(=O)c2ccc3c(c2)oc(=O)n3C)cs1. The van der Waals surface area contributed by atoms with E-state index in [1.54, 1.807) is 24.5 Å². The molecule has 0 radical (unpaired) electrons. The fourth-order valence-electron chi connectivity index (χ4n) is 3.68. The number of thiazole rings is 1. The number of aromatic nitrogens is 2. The molecule has 0 aliphatic carbocycles. The van der Waals surface area contributed by atoms with Gasteiger partial charge in [-0.1, -0.05) is 6.07 Å². The minimum atomic E-state index is -3.77. The van der Waals surface area contributed by atoms with Gasteiger partial charge in [0.05, 0.1) is 26.8 Å². The van der Waals surface area contributed by atoms with Crippen LogP contribution in [-0.4, -0.2) is 24.5 Å². The lowest BCUT2D eigenvalue weighted by atomic mass is 10.1. The second-order valence-electron chi connectivity index (χ2n) is 6.98. The van der Waals surface area contributed by atoms with Gasteiger partial charge in [-0.3, -0.25) is 8.87 Å². The number of benzene rings is 2. The zero-order valence-corrected chi connectivity index (χ0v) is 17.4. The molecule has 148 valence electrons. The van der Waals surface area contributed by atoms with Crippen molar-refractivity contribution in [3.8, 4) is 11.3 Å². The second kappa shape index (κ2) is 6.30. The molecule has 7 nitrogen and oxygen atoms in total. The molecule has 2 aromatic carbocycles. The number of fused-ring (bicyclic) bond motifs is 2. The van der Waals surface area contributed by atoms with E-state index in [9.17, 15) is 13.2 Å². The number of nitrogens with zero attached hydrogens (tertiary/aromatic N) is 3. The molecule has 0 saturated carbocycles. The van der Waals surface area contributed by atoms with E-state index in [2.05, 4.69) is 4.98 Å². The zero-order valence-electron chi connectivity index (χ0n) is 15.7. The first kappa shape index (κ1) is 18.1. The predicted molar refractivity (Wildman–Crippen MR) is 112 cm³/mol. The van der Waals surface area contributed by atoms with Crippen LogP contribution in [0.1, 0.15) is 10.6 Å². The molecule has 0 amide bonds. The zero-order chi connectivity index (χ0) is 20.3. The Labute approximate surface area is 170 Å². The van der Waals surface area contributed by atoms with Gasteiger partial charge < -0.3 is 4.42 Å². The van der Waals surface area contributed by atoms with Crippen LogP contribution in [0.25, 0.3) is 22.4 Å². The summed E-state index contributed by atoms with van der Waals surface area (Å²) < 4.78 is 34.5. The Hall–Kier alpha value is -2.91. The molecule has 1 aliphatic heterocycles. The van der Waals surface area contributed by atoms with Crippen LogP contribution in [0.5, 0.6) is 0 Å². The number of hydrogen-bond acceptors (Lipinski definition) is 6. The van der Waals surface area contributed by atoms with Gasteiger partial charge in [0.25, 0.3) is 10.0 Å². The van der Waals surface area contributed by atoms with Crippen LogP contribution in [-0.2, 0) is 23.5 Å². The van der Waals surface area contributed by atoms with Crippen molar-refractivity contribution in [2.75, 3.05) is 10.8 Å². The maximum Gasteiger partial charge on any atom is 0.419 e. The average Bonchev–Trinajstić information content (AvgIpc) is 3.39. The Morgan fingerprint density at radius 1 is 1.17 bits per heavy atom. The quantitative estimate of drug-likeness (QED) is 0.501. The Balaban J connectivity index is 1.54. The van der Waals surface area contributed by atoms with E-state index in [0.717, 1.165) is 21.8 Å². The molecule has 0 spiro atoms. The number of aryl methyl sites for hydroxylation is 2. The normalized spacial score (nSPS) is 13.9. The smallest absolute Gasteiger partial charge is 0.408 e. The lowest BCUT2D eigenvalue weighted by Crippen LogP contribution is -2.29. The standard InChI is InChI=1S/C20H17N3O4S2/c1-12-21-16(11-28-12)13-3-5-17-14(9-13)7-8-23(17)29(25,26)15-4-6-18-19(10-15)27-20(24)22(18)2/h3-6,9-11H,7-8H2,1-2H3.